The third-order valence-electron chi connectivity index (χ3n) is 6.30. The van der Waals surface area contributed by atoms with E-state index < -0.39 is 0 Å². The van der Waals surface area contributed by atoms with Crippen molar-refractivity contribution in [1.82, 2.24) is 4.90 Å². The Hall–Kier alpha value is -3.96. The van der Waals surface area contributed by atoms with Crippen LogP contribution in [0.2, 0.25) is 5.02 Å². The van der Waals surface area contributed by atoms with Crippen LogP contribution in [0.25, 0.3) is 10.8 Å². The fourth-order valence-electron chi connectivity index (χ4n) is 4.49. The molecule has 0 radical (unpaired) electrons. The minimum absolute atomic E-state index is 0.170. The summed E-state index contributed by atoms with van der Waals surface area (Å²) in [5, 5.41) is 2.14. The Kier molecular flexibility index (Phi) is 6.10. The number of hydrogen-bond donors (Lipinski definition) is 0. The van der Waals surface area contributed by atoms with E-state index in [2.05, 4.69) is 0 Å². The number of carbonyl (C=O) groups excluding carboxylic acids is 3. The van der Waals surface area contributed by atoms with E-state index in [-0.39, 0.29) is 24.3 Å². The molecule has 6 heteroatoms. The molecule has 0 saturated heterocycles. The lowest BCUT2D eigenvalue weighted by atomic mass is 9.94. The summed E-state index contributed by atoms with van der Waals surface area (Å²) in [5.41, 5.74) is 3.42. The first-order valence-electron chi connectivity index (χ1n) is 11.5. The molecule has 4 aromatic carbocycles. The van der Waals surface area contributed by atoms with Crippen molar-refractivity contribution in [3.05, 3.63) is 112 Å². The number of aryl methyl sites for hydroxylation is 1. The predicted octanol–water partition coefficient (Wildman–Crippen LogP) is 6.13. The van der Waals surface area contributed by atoms with Gasteiger partial charge in [0.2, 0.25) is 0 Å². The van der Waals surface area contributed by atoms with Crippen LogP contribution in [-0.4, -0.2) is 35.7 Å². The molecular weight excluding hydrogens is 460 g/mol. The van der Waals surface area contributed by atoms with Crippen LogP contribution in [0.4, 0.5) is 5.69 Å². The second-order valence-corrected chi connectivity index (χ2v) is 9.06. The normalized spacial score (nSPS) is 12.8. The third-order valence-corrected chi connectivity index (χ3v) is 6.55. The molecule has 3 amide bonds. The van der Waals surface area contributed by atoms with Gasteiger partial charge in [-0.3, -0.25) is 19.3 Å². The zero-order valence-corrected chi connectivity index (χ0v) is 20.0. The smallest absolute Gasteiger partial charge is 0.261 e. The van der Waals surface area contributed by atoms with Crippen molar-refractivity contribution < 1.29 is 14.4 Å². The standard InChI is InChI=1S/C29H23ClN2O3/c1-19-9-15-23(16-10-19)31(27(33)21-11-13-22(30)14-12-21)17-4-18-32-28(34)24-7-2-5-20-6-3-8-25(26(20)24)29(32)35/h2-3,5-16H,4,17-18H2,1H3. The lowest BCUT2D eigenvalue weighted by Gasteiger charge is -2.29. The molecule has 0 bridgehead atoms. The number of carbonyl (C=O) groups is 3. The molecule has 35 heavy (non-hydrogen) atoms. The molecule has 0 saturated carbocycles. The maximum atomic E-state index is 13.4. The van der Waals surface area contributed by atoms with Crippen LogP contribution in [0.5, 0.6) is 0 Å². The van der Waals surface area contributed by atoms with Gasteiger partial charge in [0.05, 0.1) is 0 Å². The van der Waals surface area contributed by atoms with E-state index in [9.17, 15) is 14.4 Å². The quantitative estimate of drug-likeness (QED) is 0.310. The van der Waals surface area contributed by atoms with Crippen molar-refractivity contribution in [2.24, 2.45) is 0 Å². The van der Waals surface area contributed by atoms with Gasteiger partial charge < -0.3 is 4.90 Å². The van der Waals surface area contributed by atoms with Crippen LogP contribution in [0, 0.1) is 6.92 Å². The topological polar surface area (TPSA) is 57.7 Å². The molecule has 1 heterocycles. The minimum Gasteiger partial charge on any atom is -0.308 e. The van der Waals surface area contributed by atoms with E-state index in [1.54, 1.807) is 41.3 Å². The van der Waals surface area contributed by atoms with Crippen molar-refractivity contribution in [1.29, 1.82) is 0 Å². The van der Waals surface area contributed by atoms with Gasteiger partial charge in [0, 0.05) is 45.9 Å². The number of halogens is 1. The van der Waals surface area contributed by atoms with Gasteiger partial charge in [-0.25, -0.2) is 0 Å². The Morgan fingerprint density at radius 2 is 1.43 bits per heavy atom. The monoisotopic (exact) mass is 482 g/mol. The molecule has 5 rings (SSSR count). The van der Waals surface area contributed by atoms with Crippen LogP contribution in [0.1, 0.15) is 43.1 Å². The summed E-state index contributed by atoms with van der Waals surface area (Å²) in [7, 11) is 0. The highest BCUT2D eigenvalue weighted by Crippen LogP contribution is 2.30. The summed E-state index contributed by atoms with van der Waals surface area (Å²) in [5.74, 6) is -0.771. The summed E-state index contributed by atoms with van der Waals surface area (Å²) in [6, 6.07) is 25.5. The zero-order chi connectivity index (χ0) is 24.5. The van der Waals surface area contributed by atoms with E-state index in [1.807, 2.05) is 55.5 Å². The van der Waals surface area contributed by atoms with Gasteiger partial charge in [-0.1, -0.05) is 53.6 Å². The molecule has 0 aliphatic carbocycles. The molecule has 1 aliphatic rings. The maximum Gasteiger partial charge on any atom is 0.261 e. The van der Waals surface area contributed by atoms with Crippen LogP contribution in [-0.2, 0) is 0 Å². The van der Waals surface area contributed by atoms with E-state index in [0.29, 0.717) is 40.1 Å². The molecule has 0 atom stereocenters. The van der Waals surface area contributed by atoms with Crippen molar-refractivity contribution in [3.63, 3.8) is 0 Å². The minimum atomic E-state index is -0.301. The van der Waals surface area contributed by atoms with Crippen LogP contribution in [0.3, 0.4) is 0 Å². The Morgan fingerprint density at radius 1 is 0.829 bits per heavy atom. The van der Waals surface area contributed by atoms with E-state index in [1.165, 1.54) is 4.90 Å². The van der Waals surface area contributed by atoms with Gasteiger partial charge in [0.25, 0.3) is 17.7 Å². The first kappa shape index (κ1) is 22.8. The van der Waals surface area contributed by atoms with Crippen molar-refractivity contribution in [3.8, 4) is 0 Å². The largest absolute Gasteiger partial charge is 0.308 e. The lowest BCUT2D eigenvalue weighted by molar-refractivity contribution is 0.0610. The summed E-state index contributed by atoms with van der Waals surface area (Å²) >= 11 is 6.00. The zero-order valence-electron chi connectivity index (χ0n) is 19.2. The van der Waals surface area contributed by atoms with Gasteiger partial charge in [-0.2, -0.15) is 0 Å². The molecule has 0 unspecified atom stereocenters. The highest BCUT2D eigenvalue weighted by Gasteiger charge is 2.32. The highest BCUT2D eigenvalue weighted by atomic mass is 35.5. The Labute approximate surface area is 208 Å². The highest BCUT2D eigenvalue weighted by molar-refractivity contribution is 6.30. The molecule has 5 nitrogen and oxygen atoms in total. The molecular formula is C29H23ClN2O3. The molecule has 174 valence electrons. The first-order chi connectivity index (χ1) is 16.9. The van der Waals surface area contributed by atoms with Crippen molar-refractivity contribution >= 4 is 45.8 Å². The second kappa shape index (κ2) is 9.35. The first-order valence-corrected chi connectivity index (χ1v) is 11.8. The van der Waals surface area contributed by atoms with Crippen LogP contribution < -0.4 is 4.90 Å². The second-order valence-electron chi connectivity index (χ2n) is 8.62. The van der Waals surface area contributed by atoms with E-state index >= 15 is 0 Å². The predicted molar refractivity (Wildman–Crippen MR) is 138 cm³/mol. The molecule has 0 N–H and O–H groups in total. The molecule has 1 aliphatic heterocycles. The number of imide groups is 1. The van der Waals surface area contributed by atoms with E-state index in [0.717, 1.165) is 16.6 Å². The van der Waals surface area contributed by atoms with Crippen LogP contribution in [0.15, 0.2) is 84.9 Å². The number of anilines is 1. The number of hydrogen-bond acceptors (Lipinski definition) is 3. The Balaban J connectivity index is 1.38. The Morgan fingerprint density at radius 3 is 2.03 bits per heavy atom. The molecule has 0 fully saturated rings. The summed E-state index contributed by atoms with van der Waals surface area (Å²) < 4.78 is 0. The van der Waals surface area contributed by atoms with Crippen molar-refractivity contribution in [2.45, 2.75) is 13.3 Å². The Bertz CT molecular complexity index is 1390. The summed E-state index contributed by atoms with van der Waals surface area (Å²) in [6.45, 7) is 2.53. The molecule has 4 aromatic rings. The van der Waals surface area contributed by atoms with E-state index in [4.69, 9.17) is 11.6 Å². The maximum absolute atomic E-state index is 13.4. The van der Waals surface area contributed by atoms with Gasteiger partial charge in [-0.15, -0.1) is 0 Å². The summed E-state index contributed by atoms with van der Waals surface area (Å²) in [6.07, 6.45) is 0.433. The molecule has 0 spiro atoms. The van der Waals surface area contributed by atoms with Gasteiger partial charge in [0.15, 0.2) is 0 Å². The number of nitrogens with zero attached hydrogens (tertiary/aromatic N) is 2. The SMILES string of the molecule is Cc1ccc(N(CCCN2C(=O)c3cccc4cccc(c34)C2=O)C(=O)c2ccc(Cl)cc2)cc1. The average molecular weight is 483 g/mol. The van der Waals surface area contributed by atoms with Crippen molar-refractivity contribution in [2.75, 3.05) is 18.0 Å². The number of benzene rings is 4. The summed E-state index contributed by atoms with van der Waals surface area (Å²) in [4.78, 5) is 42.7. The van der Waals surface area contributed by atoms with Gasteiger partial charge >= 0.3 is 0 Å². The third kappa shape index (κ3) is 4.31. The van der Waals surface area contributed by atoms with Gasteiger partial charge in [0.1, 0.15) is 0 Å². The molecule has 0 aromatic heterocycles. The lowest BCUT2D eigenvalue weighted by Crippen LogP contribution is -2.42. The van der Waals surface area contributed by atoms with Crippen LogP contribution >= 0.6 is 11.6 Å². The average Bonchev–Trinajstić information content (AvgIpc) is 2.87. The number of rotatable bonds is 6. The number of amides is 3. The van der Waals surface area contributed by atoms with Gasteiger partial charge in [-0.05, 0) is 67.3 Å². The fourth-order valence-corrected chi connectivity index (χ4v) is 4.62. The fraction of sp³-hybridized carbons (Fsp3) is 0.138.